The topological polar surface area (TPSA) is 119 Å². The van der Waals surface area contributed by atoms with E-state index in [4.69, 9.17) is 0 Å². The number of carboxylic acids is 1. The molecule has 1 fully saturated rings. The molecule has 0 radical (unpaired) electrons. The second kappa shape index (κ2) is 9.81. The molecule has 1 aromatic carbocycles. The number of hydrogen-bond acceptors (Lipinski definition) is 7. The van der Waals surface area contributed by atoms with Gasteiger partial charge in [0, 0.05) is 69.0 Å². The monoisotopic (exact) mass is 561 g/mol. The predicted octanol–water partition coefficient (Wildman–Crippen LogP) is 4.18. The minimum absolute atomic E-state index is 0.0845. The Morgan fingerprint density at radius 1 is 1.15 bits per heavy atom. The Kier molecular flexibility index (Phi) is 6.37. The first-order valence-electron chi connectivity index (χ1n) is 13.2. The summed E-state index contributed by atoms with van der Waals surface area (Å²) in [4.78, 5) is 41.4. The number of benzene rings is 1. The highest BCUT2D eigenvalue weighted by Gasteiger charge is 2.28. The van der Waals surface area contributed by atoms with Gasteiger partial charge in [-0.05, 0) is 33.0 Å². The van der Waals surface area contributed by atoms with Crippen LogP contribution in [0.4, 0.5) is 20.2 Å². The predicted molar refractivity (Wildman–Crippen MR) is 155 cm³/mol. The van der Waals surface area contributed by atoms with Crippen molar-refractivity contribution in [2.24, 2.45) is 7.05 Å². The zero-order valence-electron chi connectivity index (χ0n) is 23.0. The number of H-pyrrole nitrogens is 1. The molecule has 5 heterocycles. The lowest BCUT2D eigenvalue weighted by Crippen LogP contribution is -2.42. The summed E-state index contributed by atoms with van der Waals surface area (Å²) >= 11 is 0. The van der Waals surface area contributed by atoms with E-state index in [0.29, 0.717) is 63.8 Å². The van der Waals surface area contributed by atoms with Crippen LogP contribution in [0, 0.1) is 11.6 Å². The van der Waals surface area contributed by atoms with Gasteiger partial charge in [-0.2, -0.15) is 0 Å². The summed E-state index contributed by atoms with van der Waals surface area (Å²) in [7, 11) is 7.34. The van der Waals surface area contributed by atoms with Crippen molar-refractivity contribution in [3.05, 3.63) is 58.1 Å². The highest BCUT2D eigenvalue weighted by molar-refractivity contribution is 6.18. The van der Waals surface area contributed by atoms with E-state index in [0.717, 1.165) is 18.9 Å². The number of rotatable bonds is 5. The molecule has 0 unspecified atom stereocenters. The van der Waals surface area contributed by atoms with E-state index >= 15 is 4.39 Å². The molecular weight excluding hydrogens is 532 g/mol. The number of anilines is 2. The third kappa shape index (κ3) is 4.17. The van der Waals surface area contributed by atoms with Crippen LogP contribution in [0.1, 0.15) is 23.2 Å². The molecule has 0 aliphatic carbocycles. The number of aryl methyl sites for hydroxylation is 1. The number of aromatic nitrogens is 4. The number of hydrogen-bond donors (Lipinski definition) is 3. The fourth-order valence-corrected chi connectivity index (χ4v) is 5.95. The number of pyridine rings is 3. The first-order valence-corrected chi connectivity index (χ1v) is 13.2. The van der Waals surface area contributed by atoms with E-state index in [1.54, 1.807) is 32.6 Å². The van der Waals surface area contributed by atoms with Crippen molar-refractivity contribution in [3.8, 4) is 11.1 Å². The minimum Gasteiger partial charge on any atom is -0.477 e. The van der Waals surface area contributed by atoms with E-state index in [2.05, 4.69) is 30.1 Å². The quantitative estimate of drug-likeness (QED) is 0.293. The average Bonchev–Trinajstić information content (AvgIpc) is 3.36. The first-order chi connectivity index (χ1) is 19.6. The maximum absolute atomic E-state index is 15.6. The molecular formula is C29H29F2N7O3. The van der Waals surface area contributed by atoms with Crippen LogP contribution in [0.15, 0.2) is 35.5 Å². The van der Waals surface area contributed by atoms with Gasteiger partial charge in [0.05, 0.1) is 33.1 Å². The average molecular weight is 562 g/mol. The van der Waals surface area contributed by atoms with Crippen LogP contribution in [-0.4, -0.2) is 75.8 Å². The second-order valence-electron chi connectivity index (χ2n) is 10.7. The standard InChI is InChI=1S/C29H29F2N7O3/c1-32-20-10-19(30)23(31)21-22-25(38-7-5-15(6-8-38)36(2)3)17(12-33-27(22)35-24(20)21)14-9-16-26(39)18(29(40)41)13-37(4)28(16)34-11-14/h9-13,15,32H,5-8H2,1-4H3,(H,33,35)(H,40,41). The van der Waals surface area contributed by atoms with E-state index in [1.807, 2.05) is 14.1 Å². The second-order valence-corrected chi connectivity index (χ2v) is 10.7. The van der Waals surface area contributed by atoms with Gasteiger partial charge in [-0.15, -0.1) is 0 Å². The molecule has 0 amide bonds. The Hall–Kier alpha value is -4.58. The molecule has 41 heavy (non-hydrogen) atoms. The van der Waals surface area contributed by atoms with E-state index in [9.17, 15) is 19.1 Å². The molecule has 6 rings (SSSR count). The number of aromatic amines is 1. The summed E-state index contributed by atoms with van der Waals surface area (Å²) in [6.07, 6.45) is 6.18. The third-order valence-corrected chi connectivity index (χ3v) is 8.10. The van der Waals surface area contributed by atoms with E-state index in [1.165, 1.54) is 10.8 Å². The van der Waals surface area contributed by atoms with Crippen molar-refractivity contribution < 1.29 is 18.7 Å². The van der Waals surface area contributed by atoms with Crippen LogP contribution in [0.2, 0.25) is 0 Å². The van der Waals surface area contributed by atoms with Crippen LogP contribution in [0.25, 0.3) is 44.1 Å². The van der Waals surface area contributed by atoms with Crippen molar-refractivity contribution in [1.29, 1.82) is 0 Å². The summed E-state index contributed by atoms with van der Waals surface area (Å²) in [6.45, 7) is 1.31. The molecule has 0 saturated carbocycles. The van der Waals surface area contributed by atoms with Crippen LogP contribution in [0.5, 0.6) is 0 Å². The number of nitrogens with one attached hydrogen (secondary N) is 2. The summed E-state index contributed by atoms with van der Waals surface area (Å²) in [5.74, 6) is -3.30. The Morgan fingerprint density at radius 2 is 1.88 bits per heavy atom. The summed E-state index contributed by atoms with van der Waals surface area (Å²) in [5, 5.41) is 13.1. The fraction of sp³-hybridized carbons (Fsp3) is 0.310. The van der Waals surface area contributed by atoms with Gasteiger partial charge in [-0.3, -0.25) is 4.79 Å². The first kappa shape index (κ1) is 26.6. The lowest BCUT2D eigenvalue weighted by atomic mass is 9.97. The Morgan fingerprint density at radius 3 is 2.54 bits per heavy atom. The van der Waals surface area contributed by atoms with Crippen LogP contribution < -0.4 is 15.6 Å². The molecule has 1 aliphatic rings. The summed E-state index contributed by atoms with van der Waals surface area (Å²) < 4.78 is 31.9. The molecule has 4 aromatic heterocycles. The number of carboxylic acid groups (broad SMARTS) is 1. The smallest absolute Gasteiger partial charge is 0.341 e. The largest absolute Gasteiger partial charge is 0.477 e. The van der Waals surface area contributed by atoms with Crippen LogP contribution in [-0.2, 0) is 7.05 Å². The number of halogens is 2. The Labute approximate surface area is 233 Å². The number of fused-ring (bicyclic) bond motifs is 4. The number of aromatic carboxylic acids is 1. The minimum atomic E-state index is -1.33. The van der Waals surface area contributed by atoms with Crippen LogP contribution in [0.3, 0.4) is 0 Å². The van der Waals surface area contributed by atoms with Crippen molar-refractivity contribution in [2.45, 2.75) is 18.9 Å². The normalized spacial score (nSPS) is 14.6. The van der Waals surface area contributed by atoms with Gasteiger partial charge in [0.15, 0.2) is 11.6 Å². The molecule has 1 saturated heterocycles. The van der Waals surface area contributed by atoms with Gasteiger partial charge < -0.3 is 29.8 Å². The third-order valence-electron chi connectivity index (χ3n) is 8.10. The molecule has 1 aliphatic heterocycles. The molecule has 12 heteroatoms. The molecule has 0 spiro atoms. The summed E-state index contributed by atoms with van der Waals surface area (Å²) in [6, 6.07) is 3.08. The molecule has 0 bridgehead atoms. The van der Waals surface area contributed by atoms with E-state index in [-0.39, 0.29) is 16.3 Å². The van der Waals surface area contributed by atoms with Gasteiger partial charge in [0.25, 0.3) is 0 Å². The maximum atomic E-state index is 15.6. The molecule has 10 nitrogen and oxygen atoms in total. The number of carbonyl (C=O) groups is 1. The van der Waals surface area contributed by atoms with Crippen LogP contribution >= 0.6 is 0 Å². The van der Waals surface area contributed by atoms with Gasteiger partial charge in [-0.25, -0.2) is 23.5 Å². The molecule has 3 N–H and O–H groups in total. The molecule has 0 atom stereocenters. The zero-order chi connectivity index (χ0) is 29.2. The van der Waals surface area contributed by atoms with Gasteiger partial charge in [0.2, 0.25) is 5.43 Å². The lowest BCUT2D eigenvalue weighted by molar-refractivity contribution is 0.0695. The number of nitrogens with zero attached hydrogens (tertiary/aromatic N) is 5. The SMILES string of the molecule is CNc1cc(F)c(F)c2c1[nH]c1ncc(-c3cnc4c(c3)c(=O)c(C(=O)O)cn4C)c(N3CCC(N(C)C)CC3)c12. The van der Waals surface area contributed by atoms with Gasteiger partial charge in [-0.1, -0.05) is 0 Å². The zero-order valence-corrected chi connectivity index (χ0v) is 23.0. The lowest BCUT2D eigenvalue weighted by Gasteiger charge is -2.37. The Bertz CT molecular complexity index is 1920. The van der Waals surface area contributed by atoms with Gasteiger partial charge >= 0.3 is 5.97 Å². The van der Waals surface area contributed by atoms with Crippen molar-refractivity contribution >= 4 is 50.3 Å². The molecule has 212 valence electrons. The number of piperidine rings is 1. The maximum Gasteiger partial charge on any atom is 0.341 e. The van der Waals surface area contributed by atoms with Gasteiger partial charge in [0.1, 0.15) is 16.9 Å². The fourth-order valence-electron chi connectivity index (χ4n) is 5.95. The highest BCUT2D eigenvalue weighted by atomic mass is 19.2. The Balaban J connectivity index is 1.67. The highest BCUT2D eigenvalue weighted by Crippen LogP contribution is 2.44. The molecule has 5 aromatic rings. The van der Waals surface area contributed by atoms with Crippen molar-refractivity contribution in [1.82, 2.24) is 24.4 Å². The van der Waals surface area contributed by atoms with Crippen molar-refractivity contribution in [2.75, 3.05) is 44.4 Å². The van der Waals surface area contributed by atoms with E-state index < -0.39 is 23.0 Å². The van der Waals surface area contributed by atoms with Crippen molar-refractivity contribution in [3.63, 3.8) is 0 Å². The summed E-state index contributed by atoms with van der Waals surface area (Å²) in [5.41, 5.74) is 2.23.